The average Bonchev–Trinajstić information content (AvgIpc) is 2.26. The third kappa shape index (κ3) is 2.90. The Kier molecular flexibility index (Phi) is 3.58. The van der Waals surface area contributed by atoms with Crippen LogP contribution in [0.2, 0.25) is 0 Å². The van der Waals surface area contributed by atoms with E-state index in [-0.39, 0.29) is 5.54 Å². The van der Waals surface area contributed by atoms with E-state index in [4.69, 9.17) is 5.73 Å². The number of hydrogen-bond donors (Lipinski definition) is 1. The van der Waals surface area contributed by atoms with E-state index in [0.717, 1.165) is 6.42 Å². The number of nitrogens with two attached hydrogens (primary N) is 1. The molecular weight excluding hydrogens is 206 g/mol. The molecule has 1 aromatic rings. The van der Waals surface area contributed by atoms with Gasteiger partial charge in [0, 0.05) is 5.54 Å². The number of rotatable bonds is 3. The first-order valence-electron chi connectivity index (χ1n) is 6.90. The third-order valence-electron chi connectivity index (χ3n) is 3.84. The number of fused-ring (bicyclic) bond motifs is 1. The van der Waals surface area contributed by atoms with Gasteiger partial charge in [-0.1, -0.05) is 32.0 Å². The fourth-order valence-electron chi connectivity index (χ4n) is 3.05. The van der Waals surface area contributed by atoms with Crippen molar-refractivity contribution in [3.63, 3.8) is 0 Å². The molecule has 0 fully saturated rings. The molecule has 1 aliphatic rings. The second-order valence-electron chi connectivity index (χ2n) is 6.21. The number of hydrogen-bond acceptors (Lipinski definition) is 1. The van der Waals surface area contributed by atoms with E-state index in [0.29, 0.717) is 5.92 Å². The first-order chi connectivity index (χ1) is 7.99. The van der Waals surface area contributed by atoms with Crippen molar-refractivity contribution in [3.8, 4) is 0 Å². The highest BCUT2D eigenvalue weighted by molar-refractivity contribution is 5.36. The summed E-state index contributed by atoms with van der Waals surface area (Å²) in [7, 11) is 0. The van der Waals surface area contributed by atoms with Crippen molar-refractivity contribution in [2.24, 2.45) is 11.7 Å². The van der Waals surface area contributed by atoms with Crippen LogP contribution in [0.3, 0.4) is 0 Å². The maximum absolute atomic E-state index is 6.47. The third-order valence-corrected chi connectivity index (χ3v) is 3.84. The van der Waals surface area contributed by atoms with Gasteiger partial charge in [0.2, 0.25) is 0 Å². The van der Waals surface area contributed by atoms with Crippen molar-refractivity contribution in [2.75, 3.05) is 0 Å². The van der Waals surface area contributed by atoms with E-state index >= 15 is 0 Å². The summed E-state index contributed by atoms with van der Waals surface area (Å²) in [6, 6.07) is 6.90. The molecule has 0 radical (unpaired) electrons. The molecule has 1 aliphatic carbocycles. The highest BCUT2D eigenvalue weighted by Crippen LogP contribution is 2.29. The van der Waals surface area contributed by atoms with Crippen LogP contribution in [-0.4, -0.2) is 0 Å². The van der Waals surface area contributed by atoms with E-state index in [1.807, 2.05) is 0 Å². The van der Waals surface area contributed by atoms with Crippen LogP contribution in [0.25, 0.3) is 0 Å². The summed E-state index contributed by atoms with van der Waals surface area (Å²) in [5, 5.41) is 0. The summed E-state index contributed by atoms with van der Waals surface area (Å²) in [4.78, 5) is 0. The molecule has 0 saturated carbocycles. The second-order valence-corrected chi connectivity index (χ2v) is 6.21. The molecule has 0 amide bonds. The van der Waals surface area contributed by atoms with Crippen molar-refractivity contribution >= 4 is 0 Å². The first kappa shape index (κ1) is 12.6. The Morgan fingerprint density at radius 1 is 1.18 bits per heavy atom. The molecule has 1 nitrogen and oxygen atoms in total. The van der Waals surface area contributed by atoms with Crippen molar-refractivity contribution in [2.45, 2.75) is 58.4 Å². The van der Waals surface area contributed by atoms with Crippen LogP contribution in [0.5, 0.6) is 0 Å². The number of aryl methyl sites for hydroxylation is 2. The first-order valence-corrected chi connectivity index (χ1v) is 6.90. The van der Waals surface area contributed by atoms with Crippen LogP contribution in [0.4, 0.5) is 0 Å². The minimum Gasteiger partial charge on any atom is -0.322 e. The summed E-state index contributed by atoms with van der Waals surface area (Å²) in [5.74, 6) is 0.640. The molecule has 0 heterocycles. The summed E-state index contributed by atoms with van der Waals surface area (Å²) in [5.41, 5.74) is 10.7. The van der Waals surface area contributed by atoms with Crippen LogP contribution in [-0.2, 0) is 18.4 Å². The minimum absolute atomic E-state index is 0.180. The molecule has 0 aliphatic heterocycles. The quantitative estimate of drug-likeness (QED) is 0.841. The van der Waals surface area contributed by atoms with Crippen LogP contribution < -0.4 is 5.73 Å². The van der Waals surface area contributed by atoms with Gasteiger partial charge in [0.15, 0.2) is 0 Å². The highest BCUT2D eigenvalue weighted by Gasteiger charge is 2.23. The monoisotopic (exact) mass is 231 g/mol. The van der Waals surface area contributed by atoms with Gasteiger partial charge in [-0.15, -0.1) is 0 Å². The van der Waals surface area contributed by atoms with E-state index < -0.39 is 0 Å². The fourth-order valence-corrected chi connectivity index (χ4v) is 3.05. The van der Waals surface area contributed by atoms with Gasteiger partial charge in [0.1, 0.15) is 0 Å². The summed E-state index contributed by atoms with van der Waals surface area (Å²) >= 11 is 0. The van der Waals surface area contributed by atoms with Gasteiger partial charge < -0.3 is 5.73 Å². The topological polar surface area (TPSA) is 26.0 Å². The molecule has 2 rings (SSSR count). The Morgan fingerprint density at radius 2 is 1.82 bits per heavy atom. The Bertz CT molecular complexity index is 391. The number of benzene rings is 1. The zero-order chi connectivity index (χ0) is 12.5. The molecule has 94 valence electrons. The normalized spacial score (nSPS) is 18.9. The zero-order valence-corrected chi connectivity index (χ0v) is 11.4. The van der Waals surface area contributed by atoms with Gasteiger partial charge >= 0.3 is 0 Å². The van der Waals surface area contributed by atoms with Crippen molar-refractivity contribution in [1.82, 2.24) is 0 Å². The Labute approximate surface area is 105 Å². The largest absolute Gasteiger partial charge is 0.322 e. The molecule has 0 bridgehead atoms. The molecule has 0 saturated heterocycles. The molecule has 17 heavy (non-hydrogen) atoms. The van der Waals surface area contributed by atoms with Gasteiger partial charge in [-0.05, 0) is 61.6 Å². The van der Waals surface area contributed by atoms with Crippen LogP contribution in [0, 0.1) is 5.92 Å². The van der Waals surface area contributed by atoms with E-state index in [9.17, 15) is 0 Å². The second kappa shape index (κ2) is 4.81. The predicted octanol–water partition coefficient (Wildman–Crippen LogP) is 3.79. The SMILES string of the molecule is CC(C)CC(C)(N)c1ccc2c(c1)CCCC2. The Balaban J connectivity index is 2.27. The lowest BCUT2D eigenvalue weighted by atomic mass is 9.81. The van der Waals surface area contributed by atoms with E-state index in [2.05, 4.69) is 39.0 Å². The standard InChI is InChI=1S/C16H25N/c1-12(2)11-16(3,17)15-9-8-13-6-4-5-7-14(13)10-15/h8-10,12H,4-7,11,17H2,1-3H3. The molecule has 2 N–H and O–H groups in total. The lowest BCUT2D eigenvalue weighted by molar-refractivity contribution is 0.380. The summed E-state index contributed by atoms with van der Waals surface area (Å²) in [6.07, 6.45) is 6.22. The minimum atomic E-state index is -0.180. The van der Waals surface area contributed by atoms with Crippen molar-refractivity contribution < 1.29 is 0 Å². The molecule has 0 aromatic heterocycles. The van der Waals surface area contributed by atoms with Crippen molar-refractivity contribution in [1.29, 1.82) is 0 Å². The summed E-state index contributed by atoms with van der Waals surface area (Å²) in [6.45, 7) is 6.64. The van der Waals surface area contributed by atoms with Gasteiger partial charge in [-0.25, -0.2) is 0 Å². The maximum atomic E-state index is 6.47. The van der Waals surface area contributed by atoms with Crippen LogP contribution in [0.15, 0.2) is 18.2 Å². The Hall–Kier alpha value is -0.820. The average molecular weight is 231 g/mol. The summed E-state index contributed by atoms with van der Waals surface area (Å²) < 4.78 is 0. The Morgan fingerprint density at radius 3 is 2.47 bits per heavy atom. The molecular formula is C16H25N. The molecule has 1 unspecified atom stereocenters. The van der Waals surface area contributed by atoms with Gasteiger partial charge in [-0.3, -0.25) is 0 Å². The van der Waals surface area contributed by atoms with Gasteiger partial charge in [0.25, 0.3) is 0 Å². The highest BCUT2D eigenvalue weighted by atomic mass is 14.7. The zero-order valence-electron chi connectivity index (χ0n) is 11.4. The molecule has 0 spiro atoms. The van der Waals surface area contributed by atoms with Crippen LogP contribution >= 0.6 is 0 Å². The van der Waals surface area contributed by atoms with Gasteiger partial charge in [0.05, 0.1) is 0 Å². The van der Waals surface area contributed by atoms with E-state index in [1.165, 1.54) is 36.8 Å². The van der Waals surface area contributed by atoms with Crippen LogP contribution in [0.1, 0.15) is 56.7 Å². The van der Waals surface area contributed by atoms with Crippen molar-refractivity contribution in [3.05, 3.63) is 34.9 Å². The lowest BCUT2D eigenvalue weighted by Gasteiger charge is -2.29. The molecule has 1 heteroatoms. The molecule has 1 aromatic carbocycles. The lowest BCUT2D eigenvalue weighted by Crippen LogP contribution is -2.34. The maximum Gasteiger partial charge on any atom is 0.0383 e. The fraction of sp³-hybridized carbons (Fsp3) is 0.625. The predicted molar refractivity (Wildman–Crippen MR) is 74.1 cm³/mol. The smallest absolute Gasteiger partial charge is 0.0383 e. The van der Waals surface area contributed by atoms with E-state index in [1.54, 1.807) is 5.56 Å². The van der Waals surface area contributed by atoms with Gasteiger partial charge in [-0.2, -0.15) is 0 Å². The molecule has 1 atom stereocenters.